The molecule has 8 heteroatoms. The van der Waals surface area contributed by atoms with Crippen LogP contribution in [0.1, 0.15) is 27.6 Å². The number of fused-ring (bicyclic) bond motifs is 1. The molecule has 0 fully saturated rings. The second kappa shape index (κ2) is 8.26. The van der Waals surface area contributed by atoms with Crippen LogP contribution in [0.2, 0.25) is 0 Å². The van der Waals surface area contributed by atoms with E-state index >= 15 is 0 Å². The Morgan fingerprint density at radius 2 is 1.89 bits per heavy atom. The van der Waals surface area contributed by atoms with Crippen molar-refractivity contribution < 1.29 is 24.2 Å². The highest BCUT2D eigenvalue weighted by molar-refractivity contribution is 9.10. The van der Waals surface area contributed by atoms with Gasteiger partial charge in [0.1, 0.15) is 11.3 Å². The molecule has 0 spiro atoms. The highest BCUT2D eigenvalue weighted by atomic mass is 79.9. The SMILES string of the molecule is CCOC(=O)c1cnc2c(C(=O)O)cc(Br)cc2c1Nc1ccc(OC)cc1. The number of hydrogen-bond acceptors (Lipinski definition) is 6. The number of hydrogen-bond donors (Lipinski definition) is 2. The van der Waals surface area contributed by atoms with Crippen molar-refractivity contribution in [3.63, 3.8) is 0 Å². The lowest BCUT2D eigenvalue weighted by Crippen LogP contribution is -2.10. The summed E-state index contributed by atoms with van der Waals surface area (Å²) in [5, 5.41) is 13.2. The molecule has 144 valence electrons. The Bertz CT molecular complexity index is 1050. The highest BCUT2D eigenvalue weighted by Crippen LogP contribution is 2.34. The molecule has 0 unspecified atom stereocenters. The number of carbonyl (C=O) groups excluding carboxylic acids is 1. The molecule has 0 amide bonds. The average molecular weight is 445 g/mol. The fourth-order valence-corrected chi connectivity index (χ4v) is 3.21. The van der Waals surface area contributed by atoms with Crippen LogP contribution in [-0.2, 0) is 4.74 Å². The Kier molecular flexibility index (Phi) is 5.79. The number of halogens is 1. The van der Waals surface area contributed by atoms with E-state index in [1.807, 2.05) is 0 Å². The maximum Gasteiger partial charge on any atom is 0.341 e. The van der Waals surface area contributed by atoms with Gasteiger partial charge in [0.15, 0.2) is 0 Å². The Morgan fingerprint density at radius 1 is 1.18 bits per heavy atom. The van der Waals surface area contributed by atoms with Crippen LogP contribution in [-0.4, -0.2) is 35.7 Å². The minimum atomic E-state index is -1.11. The summed E-state index contributed by atoms with van der Waals surface area (Å²) in [5.74, 6) is -0.977. The average Bonchev–Trinajstić information content (AvgIpc) is 2.68. The molecule has 1 heterocycles. The predicted molar refractivity (Wildman–Crippen MR) is 109 cm³/mol. The van der Waals surface area contributed by atoms with Gasteiger partial charge in [0.25, 0.3) is 0 Å². The van der Waals surface area contributed by atoms with Crippen molar-refractivity contribution in [2.24, 2.45) is 0 Å². The summed E-state index contributed by atoms with van der Waals surface area (Å²) in [6.07, 6.45) is 1.33. The number of nitrogens with zero attached hydrogens (tertiary/aromatic N) is 1. The van der Waals surface area contributed by atoms with E-state index in [-0.39, 0.29) is 23.3 Å². The van der Waals surface area contributed by atoms with Crippen LogP contribution in [0, 0.1) is 0 Å². The summed E-state index contributed by atoms with van der Waals surface area (Å²) in [5.41, 5.74) is 1.60. The van der Waals surface area contributed by atoms with Crippen molar-refractivity contribution in [2.45, 2.75) is 6.92 Å². The van der Waals surface area contributed by atoms with E-state index in [1.54, 1.807) is 44.4 Å². The first kappa shape index (κ1) is 19.6. The molecule has 3 rings (SSSR count). The molecule has 0 radical (unpaired) electrons. The van der Waals surface area contributed by atoms with Gasteiger partial charge in [-0.3, -0.25) is 4.98 Å². The first-order valence-corrected chi connectivity index (χ1v) is 9.17. The number of carboxylic acid groups (broad SMARTS) is 1. The lowest BCUT2D eigenvalue weighted by atomic mass is 10.0. The van der Waals surface area contributed by atoms with Crippen molar-refractivity contribution in [1.29, 1.82) is 0 Å². The van der Waals surface area contributed by atoms with Gasteiger partial charge in [0.05, 0.1) is 30.5 Å². The first-order valence-electron chi connectivity index (χ1n) is 8.38. The largest absolute Gasteiger partial charge is 0.497 e. The van der Waals surface area contributed by atoms with Crippen molar-refractivity contribution in [2.75, 3.05) is 19.0 Å². The quantitative estimate of drug-likeness (QED) is 0.534. The highest BCUT2D eigenvalue weighted by Gasteiger charge is 2.21. The Hall–Kier alpha value is -3.13. The van der Waals surface area contributed by atoms with E-state index in [2.05, 4.69) is 26.2 Å². The lowest BCUT2D eigenvalue weighted by Gasteiger charge is -2.15. The molecular weight excluding hydrogens is 428 g/mol. The molecule has 0 aliphatic rings. The fraction of sp³-hybridized carbons (Fsp3) is 0.150. The van der Waals surface area contributed by atoms with Gasteiger partial charge < -0.3 is 19.9 Å². The van der Waals surface area contributed by atoms with Crippen molar-refractivity contribution in [3.05, 3.63) is 58.2 Å². The predicted octanol–water partition coefficient (Wildman–Crippen LogP) is 4.62. The van der Waals surface area contributed by atoms with Crippen molar-refractivity contribution in [3.8, 4) is 5.75 Å². The number of esters is 1. The number of anilines is 2. The van der Waals surface area contributed by atoms with Crippen LogP contribution in [0.5, 0.6) is 5.75 Å². The van der Waals surface area contributed by atoms with Gasteiger partial charge in [-0.1, -0.05) is 15.9 Å². The number of carboxylic acids is 1. The molecule has 0 saturated heterocycles. The molecule has 0 aliphatic carbocycles. The maximum absolute atomic E-state index is 12.5. The van der Waals surface area contributed by atoms with Crippen LogP contribution < -0.4 is 10.1 Å². The monoisotopic (exact) mass is 444 g/mol. The van der Waals surface area contributed by atoms with Gasteiger partial charge in [-0.05, 0) is 43.3 Å². The van der Waals surface area contributed by atoms with Crippen LogP contribution in [0.3, 0.4) is 0 Å². The fourth-order valence-electron chi connectivity index (χ4n) is 2.75. The maximum atomic E-state index is 12.5. The number of rotatable bonds is 6. The Labute approximate surface area is 169 Å². The Balaban J connectivity index is 2.23. The van der Waals surface area contributed by atoms with Crippen LogP contribution >= 0.6 is 15.9 Å². The summed E-state index contributed by atoms with van der Waals surface area (Å²) >= 11 is 3.33. The van der Waals surface area contributed by atoms with E-state index in [9.17, 15) is 14.7 Å². The van der Waals surface area contributed by atoms with Gasteiger partial charge in [-0.2, -0.15) is 0 Å². The molecule has 2 N–H and O–H groups in total. The van der Waals surface area contributed by atoms with Crippen LogP contribution in [0.15, 0.2) is 47.1 Å². The molecule has 28 heavy (non-hydrogen) atoms. The van der Waals surface area contributed by atoms with E-state index in [4.69, 9.17) is 9.47 Å². The number of benzene rings is 2. The van der Waals surface area contributed by atoms with E-state index in [0.717, 1.165) is 0 Å². The van der Waals surface area contributed by atoms with Crippen LogP contribution in [0.25, 0.3) is 10.9 Å². The lowest BCUT2D eigenvalue weighted by molar-refractivity contribution is 0.0527. The number of nitrogens with one attached hydrogen (secondary N) is 1. The zero-order valence-electron chi connectivity index (χ0n) is 15.2. The molecule has 3 aromatic rings. The zero-order valence-corrected chi connectivity index (χ0v) is 16.7. The third-order valence-corrected chi connectivity index (χ3v) is 4.48. The van der Waals surface area contributed by atoms with Gasteiger partial charge in [-0.25, -0.2) is 9.59 Å². The summed E-state index contributed by atoms with van der Waals surface area (Å²) in [6, 6.07) is 10.3. The molecule has 7 nitrogen and oxygen atoms in total. The standard InChI is InChI=1S/C20H17BrN2O5/c1-3-28-20(26)16-10-22-17-14(8-11(21)9-15(17)19(24)25)18(16)23-12-4-6-13(27-2)7-5-12/h4-10H,3H2,1-2H3,(H,22,23)(H,24,25). The molecule has 0 aliphatic heterocycles. The minimum absolute atomic E-state index is 0.0255. The molecule has 1 aromatic heterocycles. The number of aromatic carboxylic acids is 1. The van der Waals surface area contributed by atoms with E-state index in [0.29, 0.717) is 27.0 Å². The Morgan fingerprint density at radius 3 is 2.50 bits per heavy atom. The molecule has 0 atom stereocenters. The number of ether oxygens (including phenoxy) is 2. The van der Waals surface area contributed by atoms with Crippen molar-refractivity contribution in [1.82, 2.24) is 4.98 Å². The molecular formula is C20H17BrN2O5. The summed E-state index contributed by atoms with van der Waals surface area (Å²) in [4.78, 5) is 28.3. The van der Waals surface area contributed by atoms with Crippen LogP contribution in [0.4, 0.5) is 11.4 Å². The zero-order chi connectivity index (χ0) is 20.3. The summed E-state index contributed by atoms with van der Waals surface area (Å²) in [6.45, 7) is 1.92. The number of carbonyl (C=O) groups is 2. The second-order valence-corrected chi connectivity index (χ2v) is 6.69. The minimum Gasteiger partial charge on any atom is -0.497 e. The summed E-state index contributed by atoms with van der Waals surface area (Å²) < 4.78 is 10.8. The topological polar surface area (TPSA) is 97.8 Å². The normalized spacial score (nSPS) is 10.5. The van der Waals surface area contributed by atoms with Gasteiger partial charge in [-0.15, -0.1) is 0 Å². The summed E-state index contributed by atoms with van der Waals surface area (Å²) in [7, 11) is 1.57. The van der Waals surface area contributed by atoms with Crippen molar-refractivity contribution >= 4 is 50.1 Å². The van der Waals surface area contributed by atoms with Gasteiger partial charge in [0, 0.05) is 21.7 Å². The van der Waals surface area contributed by atoms with E-state index in [1.165, 1.54) is 12.3 Å². The second-order valence-electron chi connectivity index (χ2n) is 5.78. The number of aromatic nitrogens is 1. The number of pyridine rings is 1. The smallest absolute Gasteiger partial charge is 0.341 e. The van der Waals surface area contributed by atoms with Gasteiger partial charge in [0.2, 0.25) is 0 Å². The van der Waals surface area contributed by atoms with E-state index < -0.39 is 11.9 Å². The number of methoxy groups -OCH3 is 1. The molecule has 0 bridgehead atoms. The first-order chi connectivity index (χ1) is 13.4. The molecule has 2 aromatic carbocycles. The third kappa shape index (κ3) is 3.91. The van der Waals surface area contributed by atoms with Gasteiger partial charge >= 0.3 is 11.9 Å². The molecule has 0 saturated carbocycles. The third-order valence-electron chi connectivity index (χ3n) is 4.02.